The fraction of sp³-hybridized carbons (Fsp3) is 0. The Labute approximate surface area is 123 Å². The van der Waals surface area contributed by atoms with Gasteiger partial charge in [-0.05, 0) is 30.3 Å². The monoisotopic (exact) mass is 315 g/mol. The van der Waals surface area contributed by atoms with Gasteiger partial charge >= 0.3 is 0 Å². The van der Waals surface area contributed by atoms with Gasteiger partial charge in [0.2, 0.25) is 0 Å². The molecule has 0 saturated carbocycles. The van der Waals surface area contributed by atoms with E-state index in [1.54, 1.807) is 12.1 Å². The van der Waals surface area contributed by atoms with Gasteiger partial charge in [-0.2, -0.15) is 0 Å². The molecule has 2 rings (SSSR count). The van der Waals surface area contributed by atoms with E-state index >= 15 is 0 Å². The van der Waals surface area contributed by atoms with E-state index in [0.29, 0.717) is 19.9 Å². The molecule has 0 aliphatic rings. The number of nitrogens with one attached hydrogen (secondary N) is 1. The first-order valence-corrected chi connectivity index (χ1v) is 6.81. The second-order valence-corrected chi connectivity index (χ2v) is 5.87. The van der Waals surface area contributed by atoms with Crippen LogP contribution in [-0.4, -0.2) is 5.78 Å². The maximum absolute atomic E-state index is 12.7. The Morgan fingerprint density at radius 3 is 2.53 bits per heavy atom. The predicted octanol–water partition coefficient (Wildman–Crippen LogP) is 5.00. The van der Waals surface area contributed by atoms with Gasteiger partial charge in [-0.1, -0.05) is 23.2 Å². The van der Waals surface area contributed by atoms with Crippen LogP contribution in [0.15, 0.2) is 42.6 Å². The van der Waals surface area contributed by atoms with Crippen molar-refractivity contribution in [3.05, 3.63) is 62.7 Å². The maximum Gasteiger partial charge on any atom is 0.189 e. The number of benzene rings is 1. The van der Waals surface area contributed by atoms with Crippen LogP contribution < -0.4 is 5.32 Å². The molecule has 0 unspecified atom stereocenters. The number of rotatable bonds is 4. The van der Waals surface area contributed by atoms with Crippen molar-refractivity contribution in [2.75, 3.05) is 5.32 Å². The molecular formula is C13H8Cl2FNOS. The minimum absolute atomic E-state index is 0.247. The Bertz CT molecular complexity index is 622. The topological polar surface area (TPSA) is 29.1 Å². The van der Waals surface area contributed by atoms with Gasteiger partial charge in [0.15, 0.2) is 5.78 Å². The number of carbonyl (C=O) groups excluding carboxylic acids is 1. The smallest absolute Gasteiger partial charge is 0.189 e. The third kappa shape index (κ3) is 3.80. The maximum atomic E-state index is 12.7. The number of halogens is 3. The molecule has 0 aliphatic carbocycles. The normalized spacial score (nSPS) is 10.9. The lowest BCUT2D eigenvalue weighted by Crippen LogP contribution is -1.95. The standard InChI is InChI=1S/C13H8Cl2FNOS/c14-12-7-10(13(15)19-12)11(18)5-6-17-9-3-1-8(16)2-4-9/h1-7,17H. The zero-order chi connectivity index (χ0) is 13.8. The Morgan fingerprint density at radius 1 is 1.26 bits per heavy atom. The Hall–Kier alpha value is -1.36. The summed E-state index contributed by atoms with van der Waals surface area (Å²) in [5, 5.41) is 2.86. The van der Waals surface area contributed by atoms with Crippen molar-refractivity contribution in [1.82, 2.24) is 0 Å². The van der Waals surface area contributed by atoms with Gasteiger partial charge in [0, 0.05) is 18.0 Å². The average molecular weight is 316 g/mol. The van der Waals surface area contributed by atoms with Crippen LogP contribution in [0.25, 0.3) is 0 Å². The number of anilines is 1. The summed E-state index contributed by atoms with van der Waals surface area (Å²) in [4.78, 5) is 11.8. The molecule has 0 aliphatic heterocycles. The highest BCUT2D eigenvalue weighted by molar-refractivity contribution is 7.20. The van der Waals surface area contributed by atoms with Crippen molar-refractivity contribution >= 4 is 46.0 Å². The summed E-state index contributed by atoms with van der Waals surface area (Å²) in [6.07, 6.45) is 2.81. The van der Waals surface area contributed by atoms with E-state index in [4.69, 9.17) is 23.2 Å². The lowest BCUT2D eigenvalue weighted by atomic mass is 10.2. The number of allylic oxidation sites excluding steroid dienone is 1. The summed E-state index contributed by atoms with van der Waals surface area (Å²) >= 11 is 12.8. The zero-order valence-corrected chi connectivity index (χ0v) is 11.8. The molecule has 0 fully saturated rings. The van der Waals surface area contributed by atoms with Crippen LogP contribution in [0.1, 0.15) is 10.4 Å². The SMILES string of the molecule is O=C(C=CNc1ccc(F)cc1)c1cc(Cl)sc1Cl. The summed E-state index contributed by atoms with van der Waals surface area (Å²) < 4.78 is 13.5. The molecule has 0 atom stereocenters. The molecule has 19 heavy (non-hydrogen) atoms. The highest BCUT2D eigenvalue weighted by Gasteiger charge is 2.11. The summed E-state index contributed by atoms with van der Waals surface area (Å²) in [6.45, 7) is 0. The number of hydrogen-bond donors (Lipinski definition) is 1. The summed E-state index contributed by atoms with van der Waals surface area (Å²) in [6, 6.07) is 7.32. The Morgan fingerprint density at radius 2 is 1.95 bits per heavy atom. The van der Waals surface area contributed by atoms with Gasteiger partial charge in [0.05, 0.1) is 9.90 Å². The number of thiophene rings is 1. The van der Waals surface area contributed by atoms with E-state index in [9.17, 15) is 9.18 Å². The molecule has 0 amide bonds. The van der Waals surface area contributed by atoms with Crippen molar-refractivity contribution in [2.45, 2.75) is 0 Å². The quantitative estimate of drug-likeness (QED) is 0.635. The minimum Gasteiger partial charge on any atom is -0.362 e. The molecule has 2 aromatic rings. The minimum atomic E-state index is -0.315. The average Bonchev–Trinajstić information content (AvgIpc) is 2.71. The van der Waals surface area contributed by atoms with E-state index in [1.165, 1.54) is 30.5 Å². The van der Waals surface area contributed by atoms with Crippen LogP contribution in [0.5, 0.6) is 0 Å². The number of hydrogen-bond acceptors (Lipinski definition) is 3. The third-order valence-corrected chi connectivity index (χ3v) is 3.74. The first-order chi connectivity index (χ1) is 9.06. The van der Waals surface area contributed by atoms with Crippen LogP contribution in [-0.2, 0) is 0 Å². The molecule has 0 bridgehead atoms. The third-order valence-electron chi connectivity index (χ3n) is 2.25. The summed E-state index contributed by atoms with van der Waals surface area (Å²) in [5.74, 6) is -0.562. The molecule has 2 nitrogen and oxygen atoms in total. The van der Waals surface area contributed by atoms with Crippen molar-refractivity contribution in [2.24, 2.45) is 0 Å². The summed E-state index contributed by atoms with van der Waals surface area (Å²) in [7, 11) is 0. The van der Waals surface area contributed by atoms with Crippen molar-refractivity contribution in [3.8, 4) is 0 Å². The predicted molar refractivity (Wildman–Crippen MR) is 77.8 cm³/mol. The summed E-state index contributed by atoms with van der Waals surface area (Å²) in [5.41, 5.74) is 1.05. The van der Waals surface area contributed by atoms with Crippen molar-refractivity contribution in [3.63, 3.8) is 0 Å². The van der Waals surface area contributed by atoms with Gasteiger partial charge in [0.1, 0.15) is 10.2 Å². The highest BCUT2D eigenvalue weighted by atomic mass is 35.5. The molecule has 98 valence electrons. The fourth-order valence-electron chi connectivity index (χ4n) is 1.36. The first-order valence-electron chi connectivity index (χ1n) is 5.24. The molecular weight excluding hydrogens is 308 g/mol. The largest absolute Gasteiger partial charge is 0.362 e. The second kappa shape index (κ2) is 6.19. The fourth-order valence-corrected chi connectivity index (χ4v) is 2.83. The van der Waals surface area contributed by atoms with Gasteiger partial charge in [-0.3, -0.25) is 4.79 Å². The van der Waals surface area contributed by atoms with Crippen LogP contribution >= 0.6 is 34.5 Å². The van der Waals surface area contributed by atoms with Gasteiger partial charge in [-0.25, -0.2) is 4.39 Å². The van der Waals surface area contributed by atoms with E-state index in [0.717, 1.165) is 11.3 Å². The van der Waals surface area contributed by atoms with Gasteiger partial charge in [-0.15, -0.1) is 11.3 Å². The first kappa shape index (κ1) is 14.1. The van der Waals surface area contributed by atoms with E-state index in [2.05, 4.69) is 5.32 Å². The van der Waals surface area contributed by atoms with Crippen molar-refractivity contribution < 1.29 is 9.18 Å². The number of ketones is 1. The second-order valence-electron chi connectivity index (χ2n) is 3.59. The lowest BCUT2D eigenvalue weighted by molar-refractivity contribution is 0.104. The van der Waals surface area contributed by atoms with Gasteiger partial charge in [0.25, 0.3) is 0 Å². The Kier molecular flexibility index (Phi) is 4.58. The molecule has 1 heterocycles. The van der Waals surface area contributed by atoms with Crippen LogP contribution in [0.2, 0.25) is 8.67 Å². The molecule has 0 spiro atoms. The lowest BCUT2D eigenvalue weighted by Gasteiger charge is -1.99. The van der Waals surface area contributed by atoms with E-state index < -0.39 is 0 Å². The molecule has 1 aromatic carbocycles. The Balaban J connectivity index is 2.01. The molecule has 0 radical (unpaired) electrons. The van der Waals surface area contributed by atoms with Crippen LogP contribution in [0.3, 0.4) is 0 Å². The zero-order valence-electron chi connectivity index (χ0n) is 9.49. The van der Waals surface area contributed by atoms with Crippen molar-refractivity contribution in [1.29, 1.82) is 0 Å². The van der Waals surface area contributed by atoms with Gasteiger partial charge < -0.3 is 5.32 Å². The molecule has 0 saturated heterocycles. The van der Waals surface area contributed by atoms with Crippen LogP contribution in [0.4, 0.5) is 10.1 Å². The van der Waals surface area contributed by atoms with E-state index in [-0.39, 0.29) is 11.6 Å². The molecule has 1 N–H and O–H groups in total. The number of carbonyl (C=O) groups is 1. The highest BCUT2D eigenvalue weighted by Crippen LogP contribution is 2.31. The molecule has 1 aromatic heterocycles. The van der Waals surface area contributed by atoms with E-state index in [1.807, 2.05) is 0 Å². The molecule has 6 heteroatoms. The van der Waals surface area contributed by atoms with Crippen LogP contribution in [0, 0.1) is 5.82 Å².